The lowest BCUT2D eigenvalue weighted by molar-refractivity contribution is -0.266. The largest absolute Gasteiger partial charge is 0.598 e. The van der Waals surface area contributed by atoms with Gasteiger partial charge in [0.25, 0.3) is 0 Å². The summed E-state index contributed by atoms with van der Waals surface area (Å²) in [6.07, 6.45) is -16.5. The molecule has 2 N–H and O–H groups in total. The Morgan fingerprint density at radius 1 is 1.07 bits per heavy atom. The molecule has 1 aromatic carbocycles. The van der Waals surface area contributed by atoms with Gasteiger partial charge in [-0.1, -0.05) is 18.2 Å². The number of hydrogen-bond acceptors (Lipinski definition) is 4. The first kappa shape index (κ1) is 26.0. The molecule has 1 unspecified atom stereocenters. The van der Waals surface area contributed by atoms with E-state index in [0.717, 1.165) is 19.1 Å². The minimum atomic E-state index is -5.40. The van der Waals surface area contributed by atoms with Gasteiger partial charge >= 0.3 is 12.4 Å². The van der Waals surface area contributed by atoms with Crippen LogP contribution in [0.15, 0.2) is 24.3 Å². The van der Waals surface area contributed by atoms with Crippen molar-refractivity contribution in [1.29, 1.82) is 0 Å². The summed E-state index contributed by atoms with van der Waals surface area (Å²) in [6, 6.07) is 4.33. The molecule has 0 aliphatic heterocycles. The molecule has 29 heavy (non-hydrogen) atoms. The molecule has 0 radical (unpaired) electrons. The predicted molar refractivity (Wildman–Crippen MR) is 92.6 cm³/mol. The Morgan fingerprint density at radius 3 is 2.00 bits per heavy atom. The van der Waals surface area contributed by atoms with Crippen molar-refractivity contribution in [3.8, 4) is 0 Å². The molecule has 168 valence electrons. The van der Waals surface area contributed by atoms with Crippen molar-refractivity contribution in [3.05, 3.63) is 35.6 Å². The highest BCUT2D eigenvalue weighted by Gasteiger charge is 2.56. The van der Waals surface area contributed by atoms with E-state index in [0.29, 0.717) is 0 Å². The van der Waals surface area contributed by atoms with Gasteiger partial charge in [0, 0.05) is 16.9 Å². The lowest BCUT2D eigenvalue weighted by Gasteiger charge is -2.42. The fourth-order valence-corrected chi connectivity index (χ4v) is 3.34. The Morgan fingerprint density at radius 2 is 1.59 bits per heavy atom. The van der Waals surface area contributed by atoms with Crippen LogP contribution in [-0.4, -0.2) is 45.6 Å². The zero-order valence-corrected chi connectivity index (χ0v) is 16.8. The van der Waals surface area contributed by atoms with Gasteiger partial charge in [-0.25, -0.2) is 4.39 Å². The molecule has 0 aliphatic carbocycles. The van der Waals surface area contributed by atoms with Gasteiger partial charge in [-0.05, 0) is 33.8 Å². The summed E-state index contributed by atoms with van der Waals surface area (Å²) in [6.45, 7) is 3.10. The highest BCUT2D eigenvalue weighted by molar-refractivity contribution is 7.90. The smallest absolute Gasteiger partial charge is 0.417 e. The van der Waals surface area contributed by atoms with E-state index in [-0.39, 0.29) is 0 Å². The van der Waals surface area contributed by atoms with Crippen LogP contribution < -0.4 is 4.72 Å². The summed E-state index contributed by atoms with van der Waals surface area (Å²) in [5.74, 6) is -1.08. The van der Waals surface area contributed by atoms with E-state index in [1.54, 1.807) is 0 Å². The molecule has 0 saturated heterocycles. The molecule has 0 heterocycles. The molecule has 4 atom stereocenters. The average molecular weight is 453 g/mol. The summed E-state index contributed by atoms with van der Waals surface area (Å²) in [5, 5.41) is 9.77. The molecule has 12 heteroatoms. The Labute approximate surface area is 166 Å². The quantitative estimate of drug-likeness (QED) is 0.485. The number of alkyl halides is 6. The molecule has 0 spiro atoms. The maximum atomic E-state index is 14.4. The number of rotatable bonds is 7. The van der Waals surface area contributed by atoms with E-state index in [4.69, 9.17) is 0 Å². The number of hydrogen-bond donors (Lipinski definition) is 2. The third-order valence-electron chi connectivity index (χ3n) is 3.91. The van der Waals surface area contributed by atoms with Crippen molar-refractivity contribution in [3.63, 3.8) is 0 Å². The fourth-order valence-electron chi connectivity index (χ4n) is 2.42. The van der Waals surface area contributed by atoms with E-state index in [1.165, 1.54) is 32.9 Å². The number of ether oxygens (including phenoxy) is 1. The van der Waals surface area contributed by atoms with Crippen LogP contribution >= 0.6 is 0 Å². The molecule has 0 bridgehead atoms. The van der Waals surface area contributed by atoms with Crippen LogP contribution in [0.2, 0.25) is 0 Å². The van der Waals surface area contributed by atoms with Gasteiger partial charge in [0.15, 0.2) is 6.10 Å². The summed E-state index contributed by atoms with van der Waals surface area (Å²) in [4.78, 5) is 0. The van der Waals surface area contributed by atoms with E-state index in [1.807, 2.05) is 0 Å². The predicted octanol–water partition coefficient (Wildman–Crippen LogP) is 3.96. The van der Waals surface area contributed by atoms with Gasteiger partial charge < -0.3 is 14.4 Å². The van der Waals surface area contributed by atoms with E-state index >= 15 is 0 Å². The Kier molecular flexibility index (Phi) is 8.02. The fraction of sp³-hybridized carbons (Fsp3) is 0.647. The minimum absolute atomic E-state index is 0.548. The van der Waals surface area contributed by atoms with Crippen molar-refractivity contribution in [2.24, 2.45) is 0 Å². The van der Waals surface area contributed by atoms with Gasteiger partial charge in [-0.15, -0.1) is 4.72 Å². The lowest BCUT2D eigenvalue weighted by Crippen LogP contribution is -2.62. The molecule has 0 saturated carbocycles. The maximum absolute atomic E-state index is 14.4. The van der Waals surface area contributed by atoms with Crippen LogP contribution in [0.1, 0.15) is 33.3 Å². The van der Waals surface area contributed by atoms with Gasteiger partial charge in [0.1, 0.15) is 28.8 Å². The average Bonchev–Trinajstić information content (AvgIpc) is 2.52. The van der Waals surface area contributed by atoms with Crippen molar-refractivity contribution < 1.29 is 45.1 Å². The molecule has 0 aliphatic rings. The summed E-state index contributed by atoms with van der Waals surface area (Å²) in [5.41, 5.74) is -2.99. The number of nitrogens with one attached hydrogen (secondary N) is 1. The summed E-state index contributed by atoms with van der Waals surface area (Å²) >= 11 is -2.16. The second kappa shape index (κ2) is 8.96. The zero-order chi connectivity index (χ0) is 22.8. The van der Waals surface area contributed by atoms with Crippen LogP contribution in [0, 0.1) is 5.82 Å². The number of halogens is 7. The van der Waals surface area contributed by atoms with Crippen LogP contribution in [0.3, 0.4) is 0 Å². The van der Waals surface area contributed by atoms with Crippen molar-refractivity contribution >= 4 is 11.4 Å². The highest BCUT2D eigenvalue weighted by Crippen LogP contribution is 2.38. The van der Waals surface area contributed by atoms with Gasteiger partial charge in [-0.3, -0.25) is 0 Å². The molecular weight excluding hydrogens is 431 g/mol. The van der Waals surface area contributed by atoms with Gasteiger partial charge in [-0.2, -0.15) is 26.3 Å². The molecule has 1 aromatic rings. The molecule has 0 amide bonds. The van der Waals surface area contributed by atoms with Crippen LogP contribution in [-0.2, 0) is 21.6 Å². The summed E-state index contributed by atoms with van der Waals surface area (Å²) in [7, 11) is 0. The second-order valence-corrected chi connectivity index (χ2v) is 9.46. The van der Waals surface area contributed by atoms with Crippen LogP contribution in [0.5, 0.6) is 0 Å². The van der Waals surface area contributed by atoms with Gasteiger partial charge in [0.05, 0.1) is 0 Å². The SMILES string of the molecule is CC(C)(C)[S+]([O-])N[C@](C)(c1ccccc1F)[C@@H](OCC(F)(F)F)[C@H](O)C(F)(F)F. The highest BCUT2D eigenvalue weighted by atomic mass is 32.2. The molecule has 4 nitrogen and oxygen atoms in total. The standard InChI is InChI=1S/C17H22F7NO3S/c1-14(2,3)29(27)25-15(4,10-7-5-6-8-11(10)18)13(12(26)17(22,23)24)28-9-16(19,20)21/h5-8,12-13,25-26H,9H2,1-4H3/t12-,13-,15+,29?/m0/s1. The number of aliphatic hydroxyl groups excluding tert-OH is 1. The zero-order valence-electron chi connectivity index (χ0n) is 16.0. The lowest BCUT2D eigenvalue weighted by atomic mass is 9.83. The molecular formula is C17H22F7NO3S. The number of aliphatic hydroxyl groups is 1. The monoisotopic (exact) mass is 453 g/mol. The first-order chi connectivity index (χ1) is 12.9. The normalized spacial score (nSPS) is 18.8. The van der Waals surface area contributed by atoms with E-state index in [9.17, 15) is 40.4 Å². The first-order valence-electron chi connectivity index (χ1n) is 8.27. The number of benzene rings is 1. The molecule has 1 rings (SSSR count). The van der Waals surface area contributed by atoms with Gasteiger partial charge in [0.2, 0.25) is 0 Å². The third-order valence-corrected chi connectivity index (χ3v) is 5.63. The molecule has 0 aromatic heterocycles. The topological polar surface area (TPSA) is 64.5 Å². The van der Waals surface area contributed by atoms with E-state index < -0.39 is 64.2 Å². The van der Waals surface area contributed by atoms with Crippen molar-refractivity contribution in [1.82, 2.24) is 4.72 Å². The van der Waals surface area contributed by atoms with Crippen LogP contribution in [0.4, 0.5) is 30.7 Å². The van der Waals surface area contributed by atoms with E-state index in [2.05, 4.69) is 9.46 Å². The minimum Gasteiger partial charge on any atom is -0.598 e. The molecule has 0 fully saturated rings. The second-order valence-electron chi connectivity index (χ2n) is 7.50. The van der Waals surface area contributed by atoms with Crippen LogP contribution in [0.25, 0.3) is 0 Å². The van der Waals surface area contributed by atoms with Crippen molar-refractivity contribution in [2.45, 2.75) is 62.5 Å². The third kappa shape index (κ3) is 6.99. The first-order valence-corrected chi connectivity index (χ1v) is 9.42. The van der Waals surface area contributed by atoms with Crippen molar-refractivity contribution in [2.75, 3.05) is 6.61 Å². The Hall–Kier alpha value is -1.08. The Balaban J connectivity index is 3.59. The maximum Gasteiger partial charge on any atom is 0.417 e. The summed E-state index contributed by atoms with van der Waals surface area (Å²) < 4.78 is 110. The Bertz CT molecular complexity index is 678.